The Morgan fingerprint density at radius 2 is 0.892 bits per heavy atom. The van der Waals surface area contributed by atoms with Gasteiger partial charge in [-0.3, -0.25) is 4.79 Å². The molecule has 37 heavy (non-hydrogen) atoms. The van der Waals surface area contributed by atoms with Gasteiger partial charge >= 0.3 is 5.97 Å². The summed E-state index contributed by atoms with van der Waals surface area (Å²) >= 11 is 0. The summed E-state index contributed by atoms with van der Waals surface area (Å²) in [6.45, 7) is 6.86. The van der Waals surface area contributed by atoms with E-state index in [1.807, 2.05) is 0 Å². The van der Waals surface area contributed by atoms with Crippen LogP contribution in [-0.4, -0.2) is 11.1 Å². The molecule has 2 nitrogen and oxygen atoms in total. The van der Waals surface area contributed by atoms with Crippen LogP contribution in [0.15, 0.2) is 11.6 Å². The van der Waals surface area contributed by atoms with E-state index < -0.39 is 5.97 Å². The van der Waals surface area contributed by atoms with Gasteiger partial charge in [0.1, 0.15) is 0 Å². The SMILES string of the molecule is CCCCCCC=C(C)CCCCCCCCCCC(CCCCCCCCCCCCCC)C(=O)O. The maximum Gasteiger partial charge on any atom is 0.306 e. The Morgan fingerprint density at radius 3 is 1.30 bits per heavy atom. The molecule has 0 rings (SSSR count). The molecule has 0 radical (unpaired) electrons. The average Bonchev–Trinajstić information content (AvgIpc) is 2.88. The fraction of sp³-hybridized carbons (Fsp3) is 0.914. The Kier molecular flexibility index (Phi) is 29.1. The zero-order valence-electron chi connectivity index (χ0n) is 25.8. The van der Waals surface area contributed by atoms with Crippen LogP contribution in [0, 0.1) is 5.92 Å². The van der Waals surface area contributed by atoms with E-state index in [1.54, 1.807) is 5.57 Å². The van der Waals surface area contributed by atoms with Gasteiger partial charge in [-0.15, -0.1) is 0 Å². The first kappa shape index (κ1) is 36.2. The second-order valence-corrected chi connectivity index (χ2v) is 12.0. The molecule has 0 aliphatic carbocycles. The van der Waals surface area contributed by atoms with Gasteiger partial charge in [0.15, 0.2) is 0 Å². The molecule has 2 heteroatoms. The summed E-state index contributed by atoms with van der Waals surface area (Å²) in [6.07, 6.45) is 38.7. The summed E-state index contributed by atoms with van der Waals surface area (Å²) in [5.41, 5.74) is 1.59. The first-order chi connectivity index (χ1) is 18.1. The lowest BCUT2D eigenvalue weighted by atomic mass is 9.94. The molecule has 0 bridgehead atoms. The van der Waals surface area contributed by atoms with Crippen molar-refractivity contribution in [1.29, 1.82) is 0 Å². The zero-order chi connectivity index (χ0) is 27.2. The minimum atomic E-state index is -0.562. The number of carboxylic acids is 1. The van der Waals surface area contributed by atoms with Crippen LogP contribution in [0.25, 0.3) is 0 Å². The topological polar surface area (TPSA) is 37.3 Å². The van der Waals surface area contributed by atoms with Gasteiger partial charge in [-0.1, -0.05) is 167 Å². The highest BCUT2D eigenvalue weighted by Crippen LogP contribution is 2.20. The Balaban J connectivity index is 3.51. The molecule has 1 unspecified atom stereocenters. The maximum atomic E-state index is 11.6. The van der Waals surface area contributed by atoms with Gasteiger partial charge in [-0.25, -0.2) is 0 Å². The number of unbranched alkanes of at least 4 members (excludes halogenated alkanes) is 22. The number of hydrogen-bond acceptors (Lipinski definition) is 1. The lowest BCUT2D eigenvalue weighted by Gasteiger charge is -2.12. The molecule has 0 aromatic carbocycles. The van der Waals surface area contributed by atoms with Gasteiger partial charge in [-0.2, -0.15) is 0 Å². The molecule has 220 valence electrons. The molecule has 0 aromatic rings. The predicted molar refractivity (Wildman–Crippen MR) is 166 cm³/mol. The van der Waals surface area contributed by atoms with Gasteiger partial charge in [0, 0.05) is 0 Å². The van der Waals surface area contributed by atoms with Crippen LogP contribution in [0.3, 0.4) is 0 Å². The predicted octanol–water partition coefficient (Wildman–Crippen LogP) is 12.6. The Morgan fingerprint density at radius 1 is 0.541 bits per heavy atom. The molecule has 0 aliphatic rings. The monoisotopic (exact) mass is 521 g/mol. The second-order valence-electron chi connectivity index (χ2n) is 12.0. The van der Waals surface area contributed by atoms with Gasteiger partial charge in [0.2, 0.25) is 0 Å². The summed E-state index contributed by atoms with van der Waals surface area (Å²) in [6, 6.07) is 0. The molecule has 0 fully saturated rings. The van der Waals surface area contributed by atoms with Crippen LogP contribution in [-0.2, 0) is 4.79 Å². The highest BCUT2D eigenvalue weighted by Gasteiger charge is 2.16. The third kappa shape index (κ3) is 28.0. The van der Waals surface area contributed by atoms with Crippen molar-refractivity contribution in [1.82, 2.24) is 0 Å². The quantitative estimate of drug-likeness (QED) is 0.0755. The second kappa shape index (κ2) is 29.8. The van der Waals surface area contributed by atoms with Crippen LogP contribution >= 0.6 is 0 Å². The molecule has 0 spiro atoms. The number of carbonyl (C=O) groups is 1. The van der Waals surface area contributed by atoms with Crippen LogP contribution in [0.1, 0.15) is 201 Å². The van der Waals surface area contributed by atoms with Crippen molar-refractivity contribution >= 4 is 5.97 Å². The van der Waals surface area contributed by atoms with E-state index in [2.05, 4.69) is 26.8 Å². The summed E-state index contributed by atoms with van der Waals surface area (Å²) in [5.74, 6) is -0.667. The Bertz CT molecular complexity index is 495. The molecule has 0 saturated heterocycles. The zero-order valence-corrected chi connectivity index (χ0v) is 25.8. The lowest BCUT2D eigenvalue weighted by Crippen LogP contribution is -2.13. The van der Waals surface area contributed by atoms with Crippen LogP contribution in [0.4, 0.5) is 0 Å². The standard InChI is InChI=1S/C35H68O2/c1-4-6-8-10-11-12-13-14-15-19-23-27-31-34(35(36)37)32-28-24-20-17-16-18-22-26-30-33(3)29-25-21-9-7-5-2/h29,34H,4-28,30-32H2,1-3H3,(H,36,37). The minimum absolute atomic E-state index is 0.106. The van der Waals surface area contributed by atoms with Crippen molar-refractivity contribution in [2.45, 2.75) is 201 Å². The number of allylic oxidation sites excluding steroid dienone is 2. The van der Waals surface area contributed by atoms with E-state index in [-0.39, 0.29) is 5.92 Å². The maximum absolute atomic E-state index is 11.6. The fourth-order valence-corrected chi connectivity index (χ4v) is 5.50. The van der Waals surface area contributed by atoms with E-state index in [1.165, 1.54) is 154 Å². The van der Waals surface area contributed by atoms with Gasteiger partial charge in [-0.05, 0) is 45.4 Å². The molecule has 0 saturated carbocycles. The highest BCUT2D eigenvalue weighted by atomic mass is 16.4. The van der Waals surface area contributed by atoms with Crippen LogP contribution in [0.2, 0.25) is 0 Å². The summed E-state index contributed by atoms with van der Waals surface area (Å²) in [7, 11) is 0. The summed E-state index contributed by atoms with van der Waals surface area (Å²) in [5, 5.41) is 9.59. The molecule has 1 atom stereocenters. The number of aliphatic carboxylic acids is 1. The summed E-state index contributed by atoms with van der Waals surface area (Å²) < 4.78 is 0. The van der Waals surface area contributed by atoms with Gasteiger partial charge in [0.05, 0.1) is 5.92 Å². The fourth-order valence-electron chi connectivity index (χ4n) is 5.50. The molecule has 1 N–H and O–H groups in total. The van der Waals surface area contributed by atoms with Gasteiger partial charge in [0.25, 0.3) is 0 Å². The smallest absolute Gasteiger partial charge is 0.306 e. The van der Waals surface area contributed by atoms with E-state index in [0.717, 1.165) is 25.7 Å². The summed E-state index contributed by atoms with van der Waals surface area (Å²) in [4.78, 5) is 11.6. The van der Waals surface area contributed by atoms with Crippen molar-refractivity contribution in [2.24, 2.45) is 5.92 Å². The third-order valence-corrected chi connectivity index (χ3v) is 8.18. The van der Waals surface area contributed by atoms with E-state index in [9.17, 15) is 9.90 Å². The van der Waals surface area contributed by atoms with E-state index in [4.69, 9.17) is 0 Å². The molecular formula is C35H68O2. The van der Waals surface area contributed by atoms with Crippen LogP contribution in [0.5, 0.6) is 0 Å². The largest absolute Gasteiger partial charge is 0.481 e. The Hall–Kier alpha value is -0.790. The molecular weight excluding hydrogens is 452 g/mol. The molecule has 0 aromatic heterocycles. The van der Waals surface area contributed by atoms with Crippen LogP contribution < -0.4 is 0 Å². The molecule has 0 amide bonds. The minimum Gasteiger partial charge on any atom is -0.481 e. The average molecular weight is 521 g/mol. The first-order valence-corrected chi connectivity index (χ1v) is 17.0. The normalized spacial score (nSPS) is 12.8. The van der Waals surface area contributed by atoms with E-state index >= 15 is 0 Å². The highest BCUT2D eigenvalue weighted by molar-refractivity contribution is 5.69. The van der Waals surface area contributed by atoms with E-state index in [0.29, 0.717) is 0 Å². The lowest BCUT2D eigenvalue weighted by molar-refractivity contribution is -0.142. The molecule has 0 heterocycles. The number of rotatable bonds is 30. The van der Waals surface area contributed by atoms with Crippen molar-refractivity contribution in [3.05, 3.63) is 11.6 Å². The Labute approximate surface area is 233 Å². The van der Waals surface area contributed by atoms with Crippen molar-refractivity contribution in [3.8, 4) is 0 Å². The third-order valence-electron chi connectivity index (χ3n) is 8.18. The van der Waals surface area contributed by atoms with Crippen molar-refractivity contribution in [3.63, 3.8) is 0 Å². The van der Waals surface area contributed by atoms with Crippen molar-refractivity contribution < 1.29 is 9.90 Å². The molecule has 0 aliphatic heterocycles. The first-order valence-electron chi connectivity index (χ1n) is 17.0. The van der Waals surface area contributed by atoms with Gasteiger partial charge < -0.3 is 5.11 Å². The van der Waals surface area contributed by atoms with Crippen molar-refractivity contribution in [2.75, 3.05) is 0 Å². The number of hydrogen-bond donors (Lipinski definition) is 1. The number of carboxylic acid groups (broad SMARTS) is 1.